The van der Waals surface area contributed by atoms with Gasteiger partial charge < -0.3 is 15.0 Å². The largest absolute Gasteiger partial charge is 0.452 e. The third-order valence-electron chi connectivity index (χ3n) is 4.27. The molecule has 0 saturated carbocycles. The molecule has 6 nitrogen and oxygen atoms in total. The van der Waals surface area contributed by atoms with Crippen LogP contribution in [0.3, 0.4) is 0 Å². The number of ether oxygens (including phenoxy) is 1. The van der Waals surface area contributed by atoms with E-state index in [1.807, 2.05) is 20.8 Å². The molecule has 25 heavy (non-hydrogen) atoms. The lowest BCUT2D eigenvalue weighted by atomic mass is 10.1. The number of hydrogen-bond acceptors (Lipinski definition) is 4. The van der Waals surface area contributed by atoms with E-state index in [1.54, 1.807) is 11.0 Å². The van der Waals surface area contributed by atoms with Crippen LogP contribution in [0.25, 0.3) is 0 Å². The molecule has 0 aliphatic carbocycles. The maximum Gasteiger partial charge on any atom is 0.338 e. The van der Waals surface area contributed by atoms with Crippen molar-refractivity contribution in [3.8, 4) is 0 Å². The molecular weight excluding hydrogens is 344 g/mol. The van der Waals surface area contributed by atoms with E-state index in [-0.39, 0.29) is 35.9 Å². The third-order valence-corrected chi connectivity index (χ3v) is 4.59. The van der Waals surface area contributed by atoms with Gasteiger partial charge in [-0.05, 0) is 37.5 Å². The number of anilines is 1. The number of hydrogen-bond donors (Lipinski definition) is 1. The third kappa shape index (κ3) is 4.95. The van der Waals surface area contributed by atoms with E-state index in [0.29, 0.717) is 23.7 Å². The molecule has 2 rings (SSSR count). The number of esters is 1. The first-order valence-corrected chi connectivity index (χ1v) is 8.73. The standard InChI is InChI=1S/C18H23ClN2O4/c1-11(2)12(3)20-16(22)10-25-18(24)13-6-7-14(19)15(9-13)21-8-4-5-17(21)23/h6-7,9,11-12H,4-5,8,10H2,1-3H3,(H,20,22)/t12-/m1/s1. The van der Waals surface area contributed by atoms with Gasteiger partial charge in [-0.2, -0.15) is 0 Å². The predicted molar refractivity (Wildman–Crippen MR) is 95.8 cm³/mol. The van der Waals surface area contributed by atoms with Gasteiger partial charge in [-0.3, -0.25) is 9.59 Å². The zero-order valence-corrected chi connectivity index (χ0v) is 15.4. The summed E-state index contributed by atoms with van der Waals surface area (Å²) in [4.78, 5) is 37.4. The van der Waals surface area contributed by atoms with Crippen LogP contribution in [0.1, 0.15) is 44.0 Å². The highest BCUT2D eigenvalue weighted by Gasteiger charge is 2.25. The molecule has 136 valence electrons. The van der Waals surface area contributed by atoms with Gasteiger partial charge in [0.1, 0.15) is 0 Å². The first-order valence-electron chi connectivity index (χ1n) is 8.36. The van der Waals surface area contributed by atoms with Crippen LogP contribution in [0.4, 0.5) is 5.69 Å². The van der Waals surface area contributed by atoms with Crippen molar-refractivity contribution in [2.45, 2.75) is 39.7 Å². The number of nitrogens with zero attached hydrogens (tertiary/aromatic N) is 1. The van der Waals surface area contributed by atoms with E-state index >= 15 is 0 Å². The molecule has 0 bridgehead atoms. The smallest absolute Gasteiger partial charge is 0.338 e. The minimum absolute atomic E-state index is 0.00508. The summed E-state index contributed by atoms with van der Waals surface area (Å²) in [6, 6.07) is 4.60. The molecule has 1 aliphatic heterocycles. The summed E-state index contributed by atoms with van der Waals surface area (Å²) >= 11 is 6.15. The first kappa shape index (κ1) is 19.2. The fraction of sp³-hybridized carbons (Fsp3) is 0.500. The van der Waals surface area contributed by atoms with Gasteiger partial charge in [0.2, 0.25) is 5.91 Å². The van der Waals surface area contributed by atoms with Crippen LogP contribution < -0.4 is 10.2 Å². The molecule has 0 radical (unpaired) electrons. The van der Waals surface area contributed by atoms with Crippen molar-refractivity contribution >= 4 is 35.1 Å². The van der Waals surface area contributed by atoms with E-state index in [0.717, 1.165) is 6.42 Å². The maximum atomic E-state index is 12.2. The van der Waals surface area contributed by atoms with Crippen molar-refractivity contribution in [2.75, 3.05) is 18.1 Å². The van der Waals surface area contributed by atoms with Gasteiger partial charge in [0.15, 0.2) is 6.61 Å². The summed E-state index contributed by atoms with van der Waals surface area (Å²) in [6.07, 6.45) is 1.23. The Balaban J connectivity index is 2.00. The summed E-state index contributed by atoms with van der Waals surface area (Å²) in [7, 11) is 0. The Morgan fingerprint density at radius 1 is 1.32 bits per heavy atom. The number of rotatable bonds is 6. The van der Waals surface area contributed by atoms with Crippen molar-refractivity contribution < 1.29 is 19.1 Å². The Bertz CT molecular complexity index is 675. The minimum atomic E-state index is -0.628. The fourth-order valence-corrected chi connectivity index (χ4v) is 2.65. The second kappa shape index (κ2) is 8.34. The Labute approximate surface area is 152 Å². The van der Waals surface area contributed by atoms with Gasteiger partial charge in [0, 0.05) is 19.0 Å². The molecule has 0 aromatic heterocycles. The Morgan fingerprint density at radius 2 is 2.04 bits per heavy atom. The quantitative estimate of drug-likeness (QED) is 0.785. The minimum Gasteiger partial charge on any atom is -0.452 e. The fourth-order valence-electron chi connectivity index (χ4n) is 2.43. The number of amides is 2. The van der Waals surface area contributed by atoms with E-state index in [2.05, 4.69) is 5.32 Å². The monoisotopic (exact) mass is 366 g/mol. The number of carbonyl (C=O) groups is 3. The van der Waals surface area contributed by atoms with Crippen LogP contribution in [0, 0.1) is 5.92 Å². The lowest BCUT2D eigenvalue weighted by Crippen LogP contribution is -2.38. The van der Waals surface area contributed by atoms with Crippen LogP contribution in [0.15, 0.2) is 18.2 Å². The zero-order valence-electron chi connectivity index (χ0n) is 14.7. The van der Waals surface area contributed by atoms with Crippen molar-refractivity contribution in [3.05, 3.63) is 28.8 Å². The normalized spacial score (nSPS) is 15.4. The molecular formula is C18H23ClN2O4. The van der Waals surface area contributed by atoms with E-state index in [9.17, 15) is 14.4 Å². The highest BCUT2D eigenvalue weighted by Crippen LogP contribution is 2.30. The van der Waals surface area contributed by atoms with Gasteiger partial charge in [0.25, 0.3) is 5.91 Å². The SMILES string of the molecule is CC(C)[C@@H](C)NC(=O)COC(=O)c1ccc(Cl)c(N2CCCC2=O)c1. The summed E-state index contributed by atoms with van der Waals surface area (Å²) in [6.45, 7) is 6.10. The van der Waals surface area contributed by atoms with Gasteiger partial charge in [-0.15, -0.1) is 0 Å². The van der Waals surface area contributed by atoms with Crippen LogP contribution >= 0.6 is 11.6 Å². The summed E-state index contributed by atoms with van der Waals surface area (Å²) < 4.78 is 5.06. The molecule has 7 heteroatoms. The molecule has 0 unspecified atom stereocenters. The second-order valence-electron chi connectivity index (χ2n) is 6.49. The van der Waals surface area contributed by atoms with Crippen LogP contribution in [-0.2, 0) is 14.3 Å². The highest BCUT2D eigenvalue weighted by atomic mass is 35.5. The van der Waals surface area contributed by atoms with Crippen LogP contribution in [-0.4, -0.2) is 37.0 Å². The molecule has 2 amide bonds. The number of benzene rings is 1. The van der Waals surface area contributed by atoms with Crippen LogP contribution in [0.5, 0.6) is 0 Å². The van der Waals surface area contributed by atoms with E-state index in [1.165, 1.54) is 12.1 Å². The summed E-state index contributed by atoms with van der Waals surface area (Å²) in [5.41, 5.74) is 0.750. The van der Waals surface area contributed by atoms with Gasteiger partial charge in [-0.25, -0.2) is 4.79 Å². The van der Waals surface area contributed by atoms with Crippen molar-refractivity contribution in [3.63, 3.8) is 0 Å². The van der Waals surface area contributed by atoms with Crippen molar-refractivity contribution in [1.82, 2.24) is 5.32 Å². The lowest BCUT2D eigenvalue weighted by Gasteiger charge is -2.18. The number of carbonyl (C=O) groups excluding carboxylic acids is 3. The molecule has 1 aromatic rings. The Hall–Kier alpha value is -2.08. The van der Waals surface area contributed by atoms with Crippen LogP contribution in [0.2, 0.25) is 5.02 Å². The average Bonchev–Trinajstić information content (AvgIpc) is 2.98. The zero-order chi connectivity index (χ0) is 18.6. The summed E-state index contributed by atoms with van der Waals surface area (Å²) in [5, 5.41) is 3.17. The highest BCUT2D eigenvalue weighted by molar-refractivity contribution is 6.34. The molecule has 1 N–H and O–H groups in total. The Morgan fingerprint density at radius 3 is 2.64 bits per heavy atom. The number of halogens is 1. The average molecular weight is 367 g/mol. The number of nitrogens with one attached hydrogen (secondary N) is 1. The molecule has 0 spiro atoms. The molecule has 1 atom stereocenters. The first-order chi connectivity index (χ1) is 11.8. The molecule has 1 saturated heterocycles. The molecule has 1 aliphatic rings. The van der Waals surface area contributed by atoms with E-state index < -0.39 is 5.97 Å². The van der Waals surface area contributed by atoms with Gasteiger partial charge in [-0.1, -0.05) is 25.4 Å². The lowest BCUT2D eigenvalue weighted by molar-refractivity contribution is -0.125. The molecule has 1 aromatic carbocycles. The van der Waals surface area contributed by atoms with Gasteiger partial charge >= 0.3 is 5.97 Å². The topological polar surface area (TPSA) is 75.7 Å². The van der Waals surface area contributed by atoms with Gasteiger partial charge in [0.05, 0.1) is 16.3 Å². The predicted octanol–water partition coefficient (Wildman–Crippen LogP) is 2.78. The second-order valence-corrected chi connectivity index (χ2v) is 6.90. The summed E-state index contributed by atoms with van der Waals surface area (Å²) in [5.74, 6) is -0.707. The molecule has 1 heterocycles. The van der Waals surface area contributed by atoms with Crippen molar-refractivity contribution in [1.29, 1.82) is 0 Å². The Kier molecular flexibility index (Phi) is 6.42. The van der Waals surface area contributed by atoms with E-state index in [4.69, 9.17) is 16.3 Å². The maximum absolute atomic E-state index is 12.2. The molecule has 1 fully saturated rings. The van der Waals surface area contributed by atoms with Crippen molar-refractivity contribution in [2.24, 2.45) is 5.92 Å².